The first-order chi connectivity index (χ1) is 11.6. The summed E-state index contributed by atoms with van der Waals surface area (Å²) in [6.07, 6.45) is 1.94. The van der Waals surface area contributed by atoms with Crippen LogP contribution in [0.25, 0.3) is 0 Å². The van der Waals surface area contributed by atoms with E-state index in [1.54, 1.807) is 36.4 Å². The van der Waals surface area contributed by atoms with Crippen LogP contribution in [0.3, 0.4) is 0 Å². The Morgan fingerprint density at radius 1 is 1.17 bits per heavy atom. The van der Waals surface area contributed by atoms with Crippen molar-refractivity contribution >= 4 is 11.6 Å². The number of halogens is 2. The summed E-state index contributed by atoms with van der Waals surface area (Å²) in [5, 5.41) is 2.57. The molecule has 0 atom stereocenters. The van der Waals surface area contributed by atoms with E-state index in [0.29, 0.717) is 17.9 Å². The van der Waals surface area contributed by atoms with Crippen LogP contribution in [0, 0.1) is 0 Å². The minimum absolute atomic E-state index is 0.0869. The lowest BCUT2D eigenvalue weighted by atomic mass is 10.2. The van der Waals surface area contributed by atoms with Crippen LogP contribution in [0.1, 0.15) is 30.1 Å². The molecule has 0 saturated carbocycles. The van der Waals surface area contributed by atoms with Crippen molar-refractivity contribution in [1.82, 2.24) is 0 Å². The molecule has 0 aliphatic rings. The van der Waals surface area contributed by atoms with Gasteiger partial charge in [-0.2, -0.15) is 8.78 Å². The smallest absolute Gasteiger partial charge is 0.387 e. The fourth-order valence-corrected chi connectivity index (χ4v) is 2.02. The minimum Gasteiger partial charge on any atom is -0.494 e. The van der Waals surface area contributed by atoms with Crippen molar-refractivity contribution in [1.29, 1.82) is 0 Å². The van der Waals surface area contributed by atoms with E-state index in [1.165, 1.54) is 12.1 Å². The van der Waals surface area contributed by atoms with Crippen LogP contribution in [0.5, 0.6) is 11.5 Å². The number of carbonyl (C=O) groups excluding carboxylic acids is 1. The van der Waals surface area contributed by atoms with Gasteiger partial charge in [-0.1, -0.05) is 31.5 Å². The lowest BCUT2D eigenvalue weighted by molar-refractivity contribution is -0.0493. The Morgan fingerprint density at radius 3 is 2.71 bits per heavy atom. The molecular weight excluding hydrogens is 316 g/mol. The van der Waals surface area contributed by atoms with Crippen molar-refractivity contribution in [3.63, 3.8) is 0 Å². The van der Waals surface area contributed by atoms with Gasteiger partial charge >= 0.3 is 6.61 Å². The first-order valence-electron chi connectivity index (χ1n) is 7.68. The fraction of sp³-hybridized carbons (Fsp3) is 0.278. The number of anilines is 1. The number of carbonyl (C=O) groups is 1. The Kier molecular flexibility index (Phi) is 6.54. The Morgan fingerprint density at radius 2 is 1.96 bits per heavy atom. The van der Waals surface area contributed by atoms with E-state index < -0.39 is 12.5 Å². The molecule has 2 rings (SSSR count). The summed E-state index contributed by atoms with van der Waals surface area (Å²) in [6, 6.07) is 12.7. The second-order valence-corrected chi connectivity index (χ2v) is 5.06. The van der Waals surface area contributed by atoms with Gasteiger partial charge < -0.3 is 14.8 Å². The minimum atomic E-state index is -2.96. The van der Waals surface area contributed by atoms with Crippen LogP contribution in [0.2, 0.25) is 0 Å². The predicted molar refractivity (Wildman–Crippen MR) is 87.9 cm³/mol. The third-order valence-electron chi connectivity index (χ3n) is 3.21. The van der Waals surface area contributed by atoms with Gasteiger partial charge in [0.1, 0.15) is 11.5 Å². The SMILES string of the molecule is CCCCOc1cccc(C(=O)Nc2ccccc2OC(F)F)c1. The highest BCUT2D eigenvalue weighted by Crippen LogP contribution is 2.26. The number of unbranched alkanes of at least 4 members (excludes halogenated alkanes) is 1. The molecule has 0 spiro atoms. The molecule has 0 saturated heterocycles. The summed E-state index contributed by atoms with van der Waals surface area (Å²) in [7, 11) is 0. The normalized spacial score (nSPS) is 10.5. The average Bonchev–Trinajstić information content (AvgIpc) is 2.57. The van der Waals surface area contributed by atoms with Gasteiger partial charge in [-0.05, 0) is 36.8 Å². The molecular formula is C18H19F2NO3. The summed E-state index contributed by atoms with van der Waals surface area (Å²) in [6.45, 7) is -0.322. The van der Waals surface area contributed by atoms with Crippen molar-refractivity contribution < 1.29 is 23.0 Å². The molecule has 1 N–H and O–H groups in total. The van der Waals surface area contributed by atoms with Crippen LogP contribution in [-0.2, 0) is 0 Å². The highest BCUT2D eigenvalue weighted by molar-refractivity contribution is 6.05. The zero-order chi connectivity index (χ0) is 17.4. The molecule has 0 bridgehead atoms. The molecule has 0 unspecified atom stereocenters. The van der Waals surface area contributed by atoms with E-state index >= 15 is 0 Å². The number of benzene rings is 2. The molecule has 24 heavy (non-hydrogen) atoms. The topological polar surface area (TPSA) is 47.6 Å². The van der Waals surface area contributed by atoms with Gasteiger partial charge in [0.15, 0.2) is 0 Å². The molecule has 4 nitrogen and oxygen atoms in total. The van der Waals surface area contributed by atoms with Crippen LogP contribution in [0.4, 0.5) is 14.5 Å². The van der Waals surface area contributed by atoms with Gasteiger partial charge in [0.25, 0.3) is 5.91 Å². The number of nitrogens with one attached hydrogen (secondary N) is 1. The number of amides is 1. The molecule has 1 amide bonds. The van der Waals surface area contributed by atoms with Gasteiger partial charge in [-0.25, -0.2) is 0 Å². The van der Waals surface area contributed by atoms with E-state index in [4.69, 9.17) is 4.74 Å². The lowest BCUT2D eigenvalue weighted by Gasteiger charge is -2.12. The van der Waals surface area contributed by atoms with Crippen LogP contribution < -0.4 is 14.8 Å². The van der Waals surface area contributed by atoms with Crippen molar-refractivity contribution in [3.05, 3.63) is 54.1 Å². The lowest BCUT2D eigenvalue weighted by Crippen LogP contribution is -2.14. The Hall–Kier alpha value is -2.63. The van der Waals surface area contributed by atoms with Gasteiger partial charge in [0.05, 0.1) is 12.3 Å². The van der Waals surface area contributed by atoms with Crippen LogP contribution >= 0.6 is 0 Å². The monoisotopic (exact) mass is 335 g/mol. The number of hydrogen-bond acceptors (Lipinski definition) is 3. The summed E-state index contributed by atoms with van der Waals surface area (Å²) < 4.78 is 34.8. The fourth-order valence-electron chi connectivity index (χ4n) is 2.02. The first kappa shape index (κ1) is 17.7. The molecule has 0 aromatic heterocycles. The molecule has 0 aliphatic carbocycles. The summed E-state index contributed by atoms with van der Waals surface area (Å²) in [4.78, 5) is 12.3. The van der Waals surface area contributed by atoms with Gasteiger partial charge in [-0.3, -0.25) is 4.79 Å². The van der Waals surface area contributed by atoms with E-state index in [9.17, 15) is 13.6 Å². The average molecular weight is 335 g/mol. The molecule has 0 aliphatic heterocycles. The van der Waals surface area contributed by atoms with E-state index in [1.807, 2.05) is 0 Å². The highest BCUT2D eigenvalue weighted by atomic mass is 19.3. The molecule has 128 valence electrons. The maximum Gasteiger partial charge on any atom is 0.387 e. The van der Waals surface area contributed by atoms with E-state index in [0.717, 1.165) is 12.8 Å². The third kappa shape index (κ3) is 5.22. The molecule has 0 radical (unpaired) electrons. The van der Waals surface area contributed by atoms with Crippen molar-refractivity contribution in [2.24, 2.45) is 0 Å². The first-order valence-corrected chi connectivity index (χ1v) is 7.68. The van der Waals surface area contributed by atoms with Crippen molar-refractivity contribution in [2.45, 2.75) is 26.4 Å². The maximum absolute atomic E-state index is 12.4. The van der Waals surface area contributed by atoms with Crippen molar-refractivity contribution in [2.75, 3.05) is 11.9 Å². The maximum atomic E-state index is 12.4. The summed E-state index contributed by atoms with van der Waals surface area (Å²) in [5.41, 5.74) is 0.552. The number of para-hydroxylation sites is 2. The summed E-state index contributed by atoms with van der Waals surface area (Å²) in [5.74, 6) is 0.0747. The van der Waals surface area contributed by atoms with Gasteiger partial charge in [-0.15, -0.1) is 0 Å². The molecule has 0 heterocycles. The standard InChI is InChI=1S/C18H19F2NO3/c1-2-3-11-23-14-8-6-7-13(12-14)17(22)21-15-9-4-5-10-16(15)24-18(19)20/h4-10,12,18H,2-3,11H2,1H3,(H,21,22). The Balaban J connectivity index is 2.08. The summed E-state index contributed by atoms with van der Waals surface area (Å²) >= 11 is 0. The second-order valence-electron chi connectivity index (χ2n) is 5.06. The number of ether oxygens (including phenoxy) is 2. The van der Waals surface area contributed by atoms with E-state index in [2.05, 4.69) is 17.0 Å². The van der Waals surface area contributed by atoms with Crippen molar-refractivity contribution in [3.8, 4) is 11.5 Å². The Labute approximate surface area is 139 Å². The zero-order valence-corrected chi connectivity index (χ0v) is 13.3. The number of rotatable bonds is 8. The van der Waals surface area contributed by atoms with Crippen LogP contribution in [-0.4, -0.2) is 19.1 Å². The molecule has 2 aromatic rings. The van der Waals surface area contributed by atoms with Gasteiger partial charge in [0.2, 0.25) is 0 Å². The van der Waals surface area contributed by atoms with E-state index in [-0.39, 0.29) is 11.4 Å². The Bertz CT molecular complexity index is 677. The quantitative estimate of drug-likeness (QED) is 0.710. The van der Waals surface area contributed by atoms with Gasteiger partial charge in [0, 0.05) is 5.56 Å². The predicted octanol–water partition coefficient (Wildman–Crippen LogP) is 4.72. The number of hydrogen-bond donors (Lipinski definition) is 1. The second kappa shape index (κ2) is 8.86. The largest absolute Gasteiger partial charge is 0.494 e. The van der Waals surface area contributed by atoms with Crippen LogP contribution in [0.15, 0.2) is 48.5 Å². The zero-order valence-electron chi connectivity index (χ0n) is 13.3. The highest BCUT2D eigenvalue weighted by Gasteiger charge is 2.13. The molecule has 6 heteroatoms. The molecule has 0 fully saturated rings. The third-order valence-corrected chi connectivity index (χ3v) is 3.21. The number of alkyl halides is 2. The molecule has 2 aromatic carbocycles.